The van der Waals surface area contributed by atoms with Gasteiger partial charge in [0.25, 0.3) is 0 Å². The van der Waals surface area contributed by atoms with Crippen LogP contribution in [-0.4, -0.2) is 9.55 Å². The van der Waals surface area contributed by atoms with Gasteiger partial charge in [-0.1, -0.05) is 12.1 Å². The van der Waals surface area contributed by atoms with Crippen molar-refractivity contribution in [2.75, 3.05) is 0 Å². The zero-order valence-electron chi connectivity index (χ0n) is 9.52. The smallest absolute Gasteiger partial charge is 0.142 e. The highest BCUT2D eigenvalue weighted by Crippen LogP contribution is 2.10. The maximum absolute atomic E-state index is 12.7. The minimum absolute atomic E-state index is 0.232. The summed E-state index contributed by atoms with van der Waals surface area (Å²) >= 11 is 0. The summed E-state index contributed by atoms with van der Waals surface area (Å²) in [4.78, 5) is 4.19. The second-order valence-electron chi connectivity index (χ2n) is 3.89. The molecule has 0 atom stereocenters. The molecule has 0 spiro atoms. The highest BCUT2D eigenvalue weighted by Gasteiger charge is 2.07. The molecule has 2 rings (SSSR count). The van der Waals surface area contributed by atoms with Crippen LogP contribution < -0.4 is 0 Å². The van der Waals surface area contributed by atoms with E-state index in [0.717, 1.165) is 17.7 Å². The summed E-state index contributed by atoms with van der Waals surface area (Å²) < 4.78 is 14.4. The van der Waals surface area contributed by atoms with Gasteiger partial charge in [-0.25, -0.2) is 9.37 Å². The molecule has 0 aliphatic carbocycles. The van der Waals surface area contributed by atoms with Crippen LogP contribution in [0, 0.1) is 17.1 Å². The van der Waals surface area contributed by atoms with E-state index in [1.165, 1.54) is 12.1 Å². The van der Waals surface area contributed by atoms with Crippen molar-refractivity contribution >= 4 is 0 Å². The molecule has 0 aliphatic rings. The molecule has 0 fully saturated rings. The highest BCUT2D eigenvalue weighted by atomic mass is 19.1. The Morgan fingerprint density at radius 1 is 1.29 bits per heavy atom. The van der Waals surface area contributed by atoms with Crippen LogP contribution >= 0.6 is 0 Å². The molecule has 0 N–H and O–H groups in total. The van der Waals surface area contributed by atoms with Crippen LogP contribution in [0.1, 0.15) is 17.0 Å². The molecule has 17 heavy (non-hydrogen) atoms. The molecule has 0 amide bonds. The summed E-state index contributed by atoms with van der Waals surface area (Å²) in [6, 6.07) is 8.53. The monoisotopic (exact) mass is 229 g/mol. The largest absolute Gasteiger partial charge is 0.325 e. The van der Waals surface area contributed by atoms with Crippen LogP contribution in [0.4, 0.5) is 4.39 Å². The SMILES string of the molecule is Cn1cnc(CCc2ccc(F)cc2)c1C#N. The van der Waals surface area contributed by atoms with Crippen molar-refractivity contribution in [3.8, 4) is 6.07 Å². The Hall–Kier alpha value is -2.15. The number of halogens is 1. The summed E-state index contributed by atoms with van der Waals surface area (Å²) in [5, 5.41) is 8.96. The Labute approximate surface area is 99.1 Å². The normalized spacial score (nSPS) is 10.2. The number of aromatic nitrogens is 2. The lowest BCUT2D eigenvalue weighted by molar-refractivity contribution is 0.627. The van der Waals surface area contributed by atoms with E-state index in [1.54, 1.807) is 30.1 Å². The fourth-order valence-electron chi connectivity index (χ4n) is 1.72. The molecule has 1 aromatic carbocycles. The number of imidazole rings is 1. The Bertz CT molecular complexity index is 549. The van der Waals surface area contributed by atoms with Gasteiger partial charge >= 0.3 is 0 Å². The van der Waals surface area contributed by atoms with Crippen LogP contribution in [0.5, 0.6) is 0 Å². The van der Waals surface area contributed by atoms with E-state index in [2.05, 4.69) is 11.1 Å². The molecular weight excluding hydrogens is 217 g/mol. The van der Waals surface area contributed by atoms with Crippen molar-refractivity contribution in [3.05, 3.63) is 53.4 Å². The lowest BCUT2D eigenvalue weighted by Gasteiger charge is -2.00. The molecule has 0 saturated heterocycles. The third kappa shape index (κ3) is 2.51. The van der Waals surface area contributed by atoms with Crippen LogP contribution in [0.25, 0.3) is 0 Å². The maximum Gasteiger partial charge on any atom is 0.142 e. The summed E-state index contributed by atoms with van der Waals surface area (Å²) in [7, 11) is 1.80. The van der Waals surface area contributed by atoms with Crippen LogP contribution in [0.3, 0.4) is 0 Å². The Morgan fingerprint density at radius 3 is 2.65 bits per heavy atom. The molecule has 3 nitrogen and oxygen atoms in total. The Morgan fingerprint density at radius 2 is 2.00 bits per heavy atom. The lowest BCUT2D eigenvalue weighted by Crippen LogP contribution is -1.97. The van der Waals surface area contributed by atoms with Crippen molar-refractivity contribution in [2.24, 2.45) is 7.05 Å². The van der Waals surface area contributed by atoms with Crippen LogP contribution in [-0.2, 0) is 19.9 Å². The van der Waals surface area contributed by atoms with Crippen molar-refractivity contribution in [3.63, 3.8) is 0 Å². The van der Waals surface area contributed by atoms with E-state index in [4.69, 9.17) is 5.26 Å². The zero-order valence-corrected chi connectivity index (χ0v) is 9.52. The summed E-state index contributed by atoms with van der Waals surface area (Å²) in [6.45, 7) is 0. The second-order valence-corrected chi connectivity index (χ2v) is 3.89. The standard InChI is InChI=1S/C13H12FN3/c1-17-9-16-12(13(17)8-15)7-4-10-2-5-11(14)6-3-10/h2-3,5-6,9H,4,7H2,1H3. The van der Waals surface area contributed by atoms with Crippen molar-refractivity contribution in [2.45, 2.75) is 12.8 Å². The first-order valence-corrected chi connectivity index (χ1v) is 5.35. The number of nitrogens with zero attached hydrogens (tertiary/aromatic N) is 3. The van der Waals surface area contributed by atoms with Gasteiger partial charge < -0.3 is 4.57 Å². The minimum Gasteiger partial charge on any atom is -0.325 e. The topological polar surface area (TPSA) is 41.6 Å². The van der Waals surface area contributed by atoms with Crippen LogP contribution in [0.2, 0.25) is 0 Å². The molecule has 0 aliphatic heterocycles. The fraction of sp³-hybridized carbons (Fsp3) is 0.231. The molecule has 0 radical (unpaired) electrons. The first-order chi connectivity index (χ1) is 8.20. The first kappa shape index (κ1) is 11.3. The zero-order chi connectivity index (χ0) is 12.3. The van der Waals surface area contributed by atoms with Crippen LogP contribution in [0.15, 0.2) is 30.6 Å². The number of rotatable bonds is 3. The number of hydrogen-bond donors (Lipinski definition) is 0. The summed E-state index contributed by atoms with van der Waals surface area (Å²) in [6.07, 6.45) is 3.08. The second kappa shape index (κ2) is 4.79. The van der Waals surface area contributed by atoms with E-state index < -0.39 is 0 Å². The van der Waals surface area contributed by atoms with Crippen molar-refractivity contribution < 1.29 is 4.39 Å². The van der Waals surface area contributed by atoms with Gasteiger partial charge in [0.1, 0.15) is 17.6 Å². The number of hydrogen-bond acceptors (Lipinski definition) is 2. The molecule has 0 saturated carbocycles. The summed E-state index contributed by atoms with van der Waals surface area (Å²) in [5.41, 5.74) is 2.42. The van der Waals surface area contributed by atoms with Gasteiger partial charge in [0.15, 0.2) is 0 Å². The maximum atomic E-state index is 12.7. The average molecular weight is 229 g/mol. The third-order valence-electron chi connectivity index (χ3n) is 2.68. The van der Waals surface area contributed by atoms with E-state index in [1.807, 2.05) is 0 Å². The van der Waals surface area contributed by atoms with Gasteiger partial charge in [-0.05, 0) is 30.5 Å². The van der Waals surface area contributed by atoms with E-state index in [-0.39, 0.29) is 5.82 Å². The highest BCUT2D eigenvalue weighted by molar-refractivity contribution is 5.28. The third-order valence-corrected chi connectivity index (χ3v) is 2.68. The lowest BCUT2D eigenvalue weighted by atomic mass is 10.1. The van der Waals surface area contributed by atoms with E-state index in [0.29, 0.717) is 12.1 Å². The number of aryl methyl sites for hydroxylation is 3. The molecule has 0 unspecified atom stereocenters. The molecule has 4 heteroatoms. The van der Waals surface area contributed by atoms with Crippen molar-refractivity contribution in [1.82, 2.24) is 9.55 Å². The fourth-order valence-corrected chi connectivity index (χ4v) is 1.72. The van der Waals surface area contributed by atoms with E-state index in [9.17, 15) is 4.39 Å². The molecule has 2 aromatic rings. The van der Waals surface area contributed by atoms with Crippen molar-refractivity contribution in [1.29, 1.82) is 5.26 Å². The molecular formula is C13H12FN3. The Balaban J connectivity index is 2.08. The molecule has 86 valence electrons. The van der Waals surface area contributed by atoms with Gasteiger partial charge in [-0.15, -0.1) is 0 Å². The van der Waals surface area contributed by atoms with Gasteiger partial charge in [-0.2, -0.15) is 5.26 Å². The minimum atomic E-state index is -0.232. The first-order valence-electron chi connectivity index (χ1n) is 5.35. The predicted octanol–water partition coefficient (Wildman–Crippen LogP) is 2.22. The molecule has 1 aromatic heterocycles. The average Bonchev–Trinajstić information content (AvgIpc) is 2.69. The molecule has 1 heterocycles. The van der Waals surface area contributed by atoms with Gasteiger partial charge in [0.05, 0.1) is 12.0 Å². The van der Waals surface area contributed by atoms with Gasteiger partial charge in [0, 0.05) is 7.05 Å². The number of nitriles is 1. The van der Waals surface area contributed by atoms with Gasteiger partial charge in [0.2, 0.25) is 0 Å². The Kier molecular flexibility index (Phi) is 3.20. The van der Waals surface area contributed by atoms with Gasteiger partial charge in [-0.3, -0.25) is 0 Å². The predicted molar refractivity (Wildman–Crippen MR) is 61.7 cm³/mol. The molecule has 0 bridgehead atoms. The number of benzene rings is 1. The quantitative estimate of drug-likeness (QED) is 0.809. The summed E-state index contributed by atoms with van der Waals surface area (Å²) in [5.74, 6) is -0.232. The van der Waals surface area contributed by atoms with E-state index >= 15 is 0 Å².